The molecule has 1 aromatic rings. The molecule has 3 rings (SSSR count). The molecule has 7 nitrogen and oxygen atoms in total. The second kappa shape index (κ2) is 9.93. The largest absolute Gasteiger partial charge is 0.352 e. The summed E-state index contributed by atoms with van der Waals surface area (Å²) in [5.74, 6) is 0.831. The molecule has 2 aliphatic rings. The number of nitrogens with one attached hydrogen (secondary N) is 1. The summed E-state index contributed by atoms with van der Waals surface area (Å²) in [5.41, 5.74) is 1.06. The van der Waals surface area contributed by atoms with Crippen molar-refractivity contribution < 1.29 is 8.42 Å². The van der Waals surface area contributed by atoms with Gasteiger partial charge in [-0.2, -0.15) is 4.31 Å². The van der Waals surface area contributed by atoms with Crippen molar-refractivity contribution in [3.8, 4) is 0 Å². The minimum Gasteiger partial charge on any atom is -0.352 e. The number of aliphatic imine (C=N–C) groups is 1. The molecular weight excluding hydrogens is 501 g/mol. The van der Waals surface area contributed by atoms with E-state index >= 15 is 0 Å². The van der Waals surface area contributed by atoms with Crippen LogP contribution in [-0.2, 0) is 16.6 Å². The zero-order valence-corrected chi connectivity index (χ0v) is 21.0. The van der Waals surface area contributed by atoms with Crippen molar-refractivity contribution in [2.24, 2.45) is 10.4 Å². The van der Waals surface area contributed by atoms with Crippen LogP contribution in [0.15, 0.2) is 34.2 Å². The summed E-state index contributed by atoms with van der Waals surface area (Å²) in [7, 11) is 0.304. The highest BCUT2D eigenvalue weighted by Gasteiger charge is 2.32. The zero-order valence-electron chi connectivity index (χ0n) is 17.9. The summed E-state index contributed by atoms with van der Waals surface area (Å²) in [6, 6.07) is 7.29. The number of likely N-dealkylation sites (N-methyl/N-ethyl adjacent to an activating group) is 1. The van der Waals surface area contributed by atoms with Crippen LogP contribution in [0, 0.1) is 5.41 Å². The summed E-state index contributed by atoms with van der Waals surface area (Å²) < 4.78 is 28.0. The lowest BCUT2D eigenvalue weighted by Gasteiger charge is -2.32. The number of hydrogen-bond acceptors (Lipinski definition) is 4. The number of halogens is 1. The van der Waals surface area contributed by atoms with Crippen LogP contribution in [0.5, 0.6) is 0 Å². The minimum absolute atomic E-state index is 0. The average molecular weight is 535 g/mol. The van der Waals surface area contributed by atoms with Gasteiger partial charge >= 0.3 is 0 Å². The number of guanidine groups is 1. The SMILES string of the molecule is CN=C(NCc1ccccc1S(=O)(=O)N1CCN(C)CC1)N1CCC(C)(C)C1.I. The minimum atomic E-state index is -3.50. The van der Waals surface area contributed by atoms with E-state index in [1.807, 2.05) is 19.2 Å². The molecule has 29 heavy (non-hydrogen) atoms. The van der Waals surface area contributed by atoms with E-state index in [2.05, 4.69) is 34.0 Å². The molecule has 2 fully saturated rings. The van der Waals surface area contributed by atoms with Gasteiger partial charge in [-0.25, -0.2) is 8.42 Å². The predicted molar refractivity (Wildman–Crippen MR) is 128 cm³/mol. The molecule has 0 aliphatic carbocycles. The summed E-state index contributed by atoms with van der Waals surface area (Å²) in [6.07, 6.45) is 1.13. The fourth-order valence-electron chi connectivity index (χ4n) is 3.87. The zero-order chi connectivity index (χ0) is 20.4. The molecule has 2 aliphatic heterocycles. The van der Waals surface area contributed by atoms with Crippen molar-refractivity contribution in [3.05, 3.63) is 29.8 Å². The van der Waals surface area contributed by atoms with Gasteiger partial charge in [0.1, 0.15) is 0 Å². The maximum Gasteiger partial charge on any atom is 0.243 e. The van der Waals surface area contributed by atoms with Crippen molar-refractivity contribution >= 4 is 40.0 Å². The molecule has 2 heterocycles. The molecule has 0 aromatic heterocycles. The van der Waals surface area contributed by atoms with Crippen LogP contribution in [0.1, 0.15) is 25.8 Å². The number of sulfonamides is 1. The van der Waals surface area contributed by atoms with Gasteiger partial charge in [0.05, 0.1) is 4.90 Å². The van der Waals surface area contributed by atoms with Crippen molar-refractivity contribution in [3.63, 3.8) is 0 Å². The fourth-order valence-corrected chi connectivity index (χ4v) is 5.51. The van der Waals surface area contributed by atoms with E-state index in [0.29, 0.717) is 24.5 Å². The molecule has 0 amide bonds. The molecule has 1 N–H and O–H groups in total. The molecule has 0 radical (unpaired) electrons. The molecule has 1 aromatic carbocycles. The summed E-state index contributed by atoms with van der Waals surface area (Å²) in [5, 5.41) is 3.37. The molecule has 0 saturated carbocycles. The second-order valence-corrected chi connectivity index (χ2v) is 10.5. The Balaban J connectivity index is 0.00000300. The number of piperazine rings is 1. The van der Waals surface area contributed by atoms with Gasteiger partial charge in [0.2, 0.25) is 10.0 Å². The first-order chi connectivity index (χ1) is 13.2. The lowest BCUT2D eigenvalue weighted by Crippen LogP contribution is -2.47. The molecule has 0 bridgehead atoms. The Morgan fingerprint density at radius 2 is 1.79 bits per heavy atom. The van der Waals surface area contributed by atoms with Crippen molar-refractivity contribution in [1.82, 2.24) is 19.4 Å². The van der Waals surface area contributed by atoms with Crippen LogP contribution in [0.3, 0.4) is 0 Å². The van der Waals surface area contributed by atoms with Gasteiger partial charge in [-0.1, -0.05) is 32.0 Å². The molecule has 2 saturated heterocycles. The molecule has 0 unspecified atom stereocenters. The molecule has 0 spiro atoms. The van der Waals surface area contributed by atoms with E-state index in [4.69, 9.17) is 0 Å². The normalized spacial score (nSPS) is 21.1. The first-order valence-corrected chi connectivity index (χ1v) is 11.4. The Kier molecular flexibility index (Phi) is 8.34. The molecule has 9 heteroatoms. The smallest absolute Gasteiger partial charge is 0.243 e. The Bertz CT molecular complexity index is 820. The Morgan fingerprint density at radius 1 is 1.14 bits per heavy atom. The number of rotatable bonds is 4. The third-order valence-electron chi connectivity index (χ3n) is 5.68. The number of likely N-dealkylation sites (tertiary alicyclic amines) is 1. The van der Waals surface area contributed by atoms with Crippen LogP contribution in [0.2, 0.25) is 0 Å². The highest BCUT2D eigenvalue weighted by atomic mass is 127. The van der Waals surface area contributed by atoms with Crippen LogP contribution in [0.4, 0.5) is 0 Å². The van der Waals surface area contributed by atoms with Crippen molar-refractivity contribution in [2.45, 2.75) is 31.7 Å². The maximum atomic E-state index is 13.2. The van der Waals surface area contributed by atoms with Crippen molar-refractivity contribution in [1.29, 1.82) is 0 Å². The topological polar surface area (TPSA) is 68.2 Å². The fraction of sp³-hybridized carbons (Fsp3) is 0.650. The number of nitrogens with zero attached hydrogens (tertiary/aromatic N) is 4. The maximum absolute atomic E-state index is 13.2. The third kappa shape index (κ3) is 5.83. The van der Waals surface area contributed by atoms with Gasteiger partial charge in [0.25, 0.3) is 0 Å². The average Bonchev–Trinajstić information content (AvgIpc) is 3.02. The first-order valence-electron chi connectivity index (χ1n) is 9.95. The highest BCUT2D eigenvalue weighted by molar-refractivity contribution is 14.0. The van der Waals surface area contributed by atoms with Gasteiger partial charge in [-0.05, 0) is 30.5 Å². The quantitative estimate of drug-likeness (QED) is 0.363. The van der Waals surface area contributed by atoms with Crippen LogP contribution in [0.25, 0.3) is 0 Å². The Morgan fingerprint density at radius 3 is 2.38 bits per heavy atom. The second-order valence-electron chi connectivity index (χ2n) is 8.55. The van der Waals surface area contributed by atoms with Gasteiger partial charge in [0.15, 0.2) is 5.96 Å². The van der Waals surface area contributed by atoms with Gasteiger partial charge < -0.3 is 15.1 Å². The monoisotopic (exact) mass is 535 g/mol. The standard InChI is InChI=1S/C20H33N5O2S.HI/c1-20(2)9-10-24(16-20)19(21-3)22-15-17-7-5-6-8-18(17)28(26,27)25-13-11-23(4)12-14-25;/h5-8H,9-16H2,1-4H3,(H,21,22);1H. The summed E-state index contributed by atoms with van der Waals surface area (Å²) in [4.78, 5) is 9.20. The van der Waals surface area contributed by atoms with Crippen LogP contribution < -0.4 is 5.32 Å². The number of benzene rings is 1. The summed E-state index contributed by atoms with van der Waals surface area (Å²) >= 11 is 0. The lowest BCUT2D eigenvalue weighted by atomic mass is 9.93. The van der Waals surface area contributed by atoms with Gasteiger partial charge in [-0.15, -0.1) is 24.0 Å². The Hall–Kier alpha value is -0.910. The van der Waals surface area contributed by atoms with E-state index in [9.17, 15) is 8.42 Å². The first kappa shape index (κ1) is 24.4. The molecule has 0 atom stereocenters. The number of hydrogen-bond donors (Lipinski definition) is 1. The van der Waals surface area contributed by atoms with Gasteiger partial charge in [-0.3, -0.25) is 4.99 Å². The lowest BCUT2D eigenvalue weighted by molar-refractivity contribution is 0.222. The van der Waals surface area contributed by atoms with E-state index in [-0.39, 0.29) is 29.4 Å². The van der Waals surface area contributed by atoms with Gasteiger partial charge in [0, 0.05) is 52.9 Å². The predicted octanol–water partition coefficient (Wildman–Crippen LogP) is 2.05. The van der Waals surface area contributed by atoms with Crippen LogP contribution in [-0.4, -0.2) is 81.8 Å². The molecule has 164 valence electrons. The van der Waals surface area contributed by atoms with E-state index < -0.39 is 10.0 Å². The molecular formula is C20H34IN5O2S. The van der Waals surface area contributed by atoms with E-state index in [1.54, 1.807) is 23.5 Å². The van der Waals surface area contributed by atoms with Crippen molar-refractivity contribution in [2.75, 3.05) is 53.4 Å². The third-order valence-corrected chi connectivity index (χ3v) is 7.68. The van der Waals surface area contributed by atoms with Crippen LogP contribution >= 0.6 is 24.0 Å². The Labute approximate surface area is 192 Å². The van der Waals surface area contributed by atoms with E-state index in [1.165, 1.54) is 0 Å². The van der Waals surface area contributed by atoms with E-state index in [0.717, 1.165) is 44.1 Å². The highest BCUT2D eigenvalue weighted by Crippen LogP contribution is 2.29. The summed E-state index contributed by atoms with van der Waals surface area (Å²) in [6.45, 7) is 9.47.